The predicted molar refractivity (Wildman–Crippen MR) is 125 cm³/mol. The molecule has 0 amide bonds. The van der Waals surface area contributed by atoms with Crippen LogP contribution < -0.4 is 21.1 Å². The highest BCUT2D eigenvalue weighted by Gasteiger charge is 2.25. The van der Waals surface area contributed by atoms with E-state index < -0.39 is 11.9 Å². The average Bonchev–Trinajstić information content (AvgIpc) is 2.75. The molecule has 3 rings (SSSR count). The van der Waals surface area contributed by atoms with Gasteiger partial charge in [0.05, 0.1) is 17.6 Å². The molecule has 0 saturated carbocycles. The van der Waals surface area contributed by atoms with Gasteiger partial charge in [-0.15, -0.1) is 0 Å². The van der Waals surface area contributed by atoms with Crippen molar-refractivity contribution in [1.29, 1.82) is 10.8 Å². The highest BCUT2D eigenvalue weighted by atomic mass is 35.5. The standard InChI is InChI=1S/C22H25ClFN7O/c1-4-29-19-13-6-17(22(27)31-9-13)32-11(2)15-7-14(24)10-30-20(15)18(25)12(8-28-3)5-16(19)21(23)26/h6-11,25-26,28-29H,4-5H2,1-3H3,(H2,27,31)/b12-8-,19-16-,25-18?,26-21?. The Bertz CT molecular complexity index is 1130. The molecule has 2 aromatic heterocycles. The van der Waals surface area contributed by atoms with Crippen molar-refractivity contribution in [3.63, 3.8) is 0 Å². The molecule has 0 saturated heterocycles. The zero-order chi connectivity index (χ0) is 23.4. The lowest BCUT2D eigenvalue weighted by atomic mass is 9.93. The van der Waals surface area contributed by atoms with E-state index in [2.05, 4.69) is 20.6 Å². The Kier molecular flexibility index (Phi) is 7.09. The van der Waals surface area contributed by atoms with Crippen LogP contribution in [0.4, 0.5) is 10.2 Å². The zero-order valence-corrected chi connectivity index (χ0v) is 18.8. The second kappa shape index (κ2) is 9.78. The Labute approximate surface area is 190 Å². The number of nitrogen functional groups attached to an aromatic ring is 1. The summed E-state index contributed by atoms with van der Waals surface area (Å²) in [7, 11) is 1.71. The number of rotatable bonds is 4. The summed E-state index contributed by atoms with van der Waals surface area (Å²) < 4.78 is 20.1. The number of fused-ring (bicyclic) bond motifs is 3. The molecule has 1 unspecified atom stereocenters. The first-order valence-electron chi connectivity index (χ1n) is 10.0. The van der Waals surface area contributed by atoms with E-state index in [1.807, 2.05) is 6.92 Å². The van der Waals surface area contributed by atoms with Gasteiger partial charge in [-0.25, -0.2) is 9.37 Å². The number of nitrogens with two attached hydrogens (primary N) is 1. The van der Waals surface area contributed by atoms with Crippen LogP contribution in [-0.2, 0) is 0 Å². The van der Waals surface area contributed by atoms with E-state index in [1.165, 1.54) is 6.07 Å². The van der Waals surface area contributed by atoms with Gasteiger partial charge in [0.15, 0.2) is 11.6 Å². The van der Waals surface area contributed by atoms with Crippen molar-refractivity contribution in [2.24, 2.45) is 0 Å². The molecule has 2 bridgehead atoms. The van der Waals surface area contributed by atoms with Crippen molar-refractivity contribution in [2.75, 3.05) is 19.3 Å². The maximum atomic E-state index is 14.1. The molecule has 6 N–H and O–H groups in total. The molecule has 0 aliphatic carbocycles. The molecule has 168 valence electrons. The highest BCUT2D eigenvalue weighted by molar-refractivity contribution is 6.69. The second-order valence-corrected chi connectivity index (χ2v) is 7.54. The van der Waals surface area contributed by atoms with Crippen molar-refractivity contribution in [3.8, 4) is 5.75 Å². The average molecular weight is 458 g/mol. The van der Waals surface area contributed by atoms with Crippen molar-refractivity contribution in [1.82, 2.24) is 20.6 Å². The summed E-state index contributed by atoms with van der Waals surface area (Å²) in [5.41, 5.74) is 8.92. The van der Waals surface area contributed by atoms with Crippen LogP contribution in [-0.4, -0.2) is 34.4 Å². The van der Waals surface area contributed by atoms with Crippen LogP contribution in [0.25, 0.3) is 5.70 Å². The number of anilines is 1. The van der Waals surface area contributed by atoms with E-state index in [4.69, 9.17) is 32.9 Å². The predicted octanol–water partition coefficient (Wildman–Crippen LogP) is 3.75. The SMILES string of the molecule is CCN/C1=C(\C(=N)Cl)C/C(=C/NC)C(=N)c2ncc(F)cc2C(C)Oc2cc1cnc2N. The zero-order valence-electron chi connectivity index (χ0n) is 18.0. The molecular formula is C22H25ClFN7O. The van der Waals surface area contributed by atoms with Crippen LogP contribution in [0.3, 0.4) is 0 Å². The summed E-state index contributed by atoms with van der Waals surface area (Å²) in [4.78, 5) is 8.42. The maximum Gasteiger partial charge on any atom is 0.166 e. The molecular weight excluding hydrogens is 433 g/mol. The van der Waals surface area contributed by atoms with E-state index in [0.29, 0.717) is 40.3 Å². The molecule has 10 heteroatoms. The number of nitrogens with zero attached hydrogens (tertiary/aromatic N) is 2. The highest BCUT2D eigenvalue weighted by Crippen LogP contribution is 2.34. The molecule has 2 aromatic rings. The van der Waals surface area contributed by atoms with E-state index in [-0.39, 0.29) is 28.8 Å². The van der Waals surface area contributed by atoms with Crippen LogP contribution in [0, 0.1) is 16.6 Å². The van der Waals surface area contributed by atoms with Crippen LogP contribution >= 0.6 is 11.6 Å². The number of pyridine rings is 2. The van der Waals surface area contributed by atoms with Crippen LogP contribution in [0.5, 0.6) is 5.75 Å². The third-order valence-corrected chi connectivity index (χ3v) is 5.19. The minimum atomic E-state index is -0.666. The third-order valence-electron chi connectivity index (χ3n) is 4.96. The first-order chi connectivity index (χ1) is 15.3. The number of hydrogen-bond donors (Lipinski definition) is 5. The van der Waals surface area contributed by atoms with Gasteiger partial charge in [-0.05, 0) is 31.6 Å². The molecule has 0 spiro atoms. The Hall–Kier alpha value is -3.46. The molecule has 1 atom stereocenters. The molecule has 0 aromatic carbocycles. The normalized spacial score (nSPS) is 20.0. The van der Waals surface area contributed by atoms with Crippen molar-refractivity contribution < 1.29 is 9.13 Å². The number of aromatic nitrogens is 2. The van der Waals surface area contributed by atoms with Gasteiger partial charge in [0.25, 0.3) is 0 Å². The monoisotopic (exact) mass is 457 g/mol. The number of halogens is 2. The summed E-state index contributed by atoms with van der Waals surface area (Å²) >= 11 is 6.21. The van der Waals surface area contributed by atoms with Crippen LogP contribution in [0.15, 0.2) is 41.9 Å². The largest absolute Gasteiger partial charge is 0.482 e. The second-order valence-electron chi connectivity index (χ2n) is 7.17. The number of allylic oxidation sites excluding steroid dienone is 2. The number of hydrogen-bond acceptors (Lipinski definition) is 8. The Morgan fingerprint density at radius 3 is 2.78 bits per heavy atom. The van der Waals surface area contributed by atoms with E-state index >= 15 is 0 Å². The lowest BCUT2D eigenvalue weighted by Gasteiger charge is -2.23. The Morgan fingerprint density at radius 1 is 1.38 bits per heavy atom. The van der Waals surface area contributed by atoms with Gasteiger partial charge >= 0.3 is 0 Å². The smallest absolute Gasteiger partial charge is 0.166 e. The molecule has 32 heavy (non-hydrogen) atoms. The van der Waals surface area contributed by atoms with E-state index in [1.54, 1.807) is 32.4 Å². The minimum absolute atomic E-state index is 0.0615. The van der Waals surface area contributed by atoms with Gasteiger partial charge in [0, 0.05) is 54.8 Å². The molecule has 0 radical (unpaired) electrons. The van der Waals surface area contributed by atoms with Crippen LogP contribution in [0.2, 0.25) is 0 Å². The topological polar surface area (TPSA) is 133 Å². The Balaban J connectivity index is 2.35. The fourth-order valence-electron chi connectivity index (χ4n) is 3.48. The first kappa shape index (κ1) is 23.2. The maximum absolute atomic E-state index is 14.1. The quantitative estimate of drug-likeness (QED) is 0.444. The van der Waals surface area contributed by atoms with Gasteiger partial charge < -0.3 is 21.1 Å². The first-order valence-corrected chi connectivity index (χ1v) is 10.4. The summed E-state index contributed by atoms with van der Waals surface area (Å²) in [6.45, 7) is 4.21. The summed E-state index contributed by atoms with van der Waals surface area (Å²) in [5, 5.41) is 23.0. The van der Waals surface area contributed by atoms with Crippen molar-refractivity contribution in [2.45, 2.75) is 26.4 Å². The van der Waals surface area contributed by atoms with Gasteiger partial charge in [-0.2, -0.15) is 0 Å². The lowest BCUT2D eigenvalue weighted by Crippen LogP contribution is -2.21. The van der Waals surface area contributed by atoms with Crippen molar-refractivity contribution >= 4 is 34.0 Å². The van der Waals surface area contributed by atoms with E-state index in [0.717, 1.165) is 6.20 Å². The van der Waals surface area contributed by atoms with Gasteiger partial charge in [-0.1, -0.05) is 11.6 Å². The summed E-state index contributed by atoms with van der Waals surface area (Å²) in [6.07, 6.45) is 3.76. The van der Waals surface area contributed by atoms with Gasteiger partial charge in [-0.3, -0.25) is 15.8 Å². The molecule has 3 heterocycles. The third kappa shape index (κ3) is 4.72. The molecule has 0 fully saturated rings. The van der Waals surface area contributed by atoms with Crippen molar-refractivity contribution in [3.05, 3.63) is 64.5 Å². The van der Waals surface area contributed by atoms with Gasteiger partial charge in [0.2, 0.25) is 0 Å². The molecule has 1 aliphatic heterocycles. The summed E-state index contributed by atoms with van der Waals surface area (Å²) in [6, 6.07) is 3.00. The molecule has 1 aliphatic rings. The summed E-state index contributed by atoms with van der Waals surface area (Å²) in [5.74, 6) is -0.0948. The number of nitrogens with one attached hydrogen (secondary N) is 4. The minimum Gasteiger partial charge on any atom is -0.482 e. The van der Waals surface area contributed by atoms with Crippen LogP contribution in [0.1, 0.15) is 43.2 Å². The molecule has 8 nitrogen and oxygen atoms in total. The fraction of sp³-hybridized carbons (Fsp3) is 0.273. The lowest BCUT2D eigenvalue weighted by molar-refractivity contribution is 0.226. The van der Waals surface area contributed by atoms with Gasteiger partial charge in [0.1, 0.15) is 17.1 Å². The Morgan fingerprint density at radius 2 is 2.12 bits per heavy atom. The number of ether oxygens (including phenoxy) is 1. The van der Waals surface area contributed by atoms with E-state index in [9.17, 15) is 4.39 Å². The fourth-order valence-corrected chi connectivity index (χ4v) is 3.64.